The molecule has 0 aliphatic rings. The average Bonchev–Trinajstić information content (AvgIpc) is 2.36. The molecule has 0 aliphatic carbocycles. The third-order valence-electron chi connectivity index (χ3n) is 2.43. The number of benzene rings is 2. The number of carbonyl (C=O) groups excluding carboxylic acids is 1. The van der Waals surface area contributed by atoms with E-state index in [2.05, 4.69) is 0 Å². The second-order valence-electron chi connectivity index (χ2n) is 3.45. The topological polar surface area (TPSA) is 98.3 Å². The first-order valence-electron chi connectivity index (χ1n) is 4.81. The van der Waals surface area contributed by atoms with Crippen LogP contribution >= 0.6 is 0 Å². The first-order valence-corrected chi connectivity index (χ1v) is 4.81. The van der Waals surface area contributed by atoms with Gasteiger partial charge in [-0.25, -0.2) is 5.84 Å². The number of nitro benzene ring substituents is 1. The highest BCUT2D eigenvalue weighted by Crippen LogP contribution is 2.25. The maximum Gasteiger partial charge on any atom is 0.270 e. The average molecular weight is 231 g/mol. The Labute approximate surface area is 96.2 Å². The number of nitrogens with one attached hydrogen (secondary N) is 1. The van der Waals surface area contributed by atoms with E-state index in [1.165, 1.54) is 12.1 Å². The van der Waals surface area contributed by atoms with Crippen LogP contribution in [0.4, 0.5) is 5.69 Å². The number of fused-ring (bicyclic) bond motifs is 1. The summed E-state index contributed by atoms with van der Waals surface area (Å²) in [5, 5.41) is 12.0. The Bertz CT molecular complexity index is 610. The van der Waals surface area contributed by atoms with Crippen LogP contribution in [0.25, 0.3) is 10.8 Å². The van der Waals surface area contributed by atoms with Crippen LogP contribution in [0.15, 0.2) is 36.4 Å². The Morgan fingerprint density at radius 1 is 1.29 bits per heavy atom. The van der Waals surface area contributed by atoms with E-state index < -0.39 is 10.8 Å². The molecule has 6 nitrogen and oxygen atoms in total. The molecule has 2 rings (SSSR count). The van der Waals surface area contributed by atoms with Crippen molar-refractivity contribution in [2.75, 3.05) is 0 Å². The molecule has 2 aromatic rings. The Morgan fingerprint density at radius 2 is 2.00 bits per heavy atom. The third kappa shape index (κ3) is 1.93. The Balaban J connectivity index is 2.78. The van der Waals surface area contributed by atoms with E-state index in [1.54, 1.807) is 24.3 Å². The molecule has 0 aromatic heterocycles. The first-order chi connectivity index (χ1) is 8.13. The number of nitrogen functional groups attached to an aromatic ring is 1. The summed E-state index contributed by atoms with van der Waals surface area (Å²) < 4.78 is 0. The maximum absolute atomic E-state index is 11.5. The number of nitrogens with zero attached hydrogens (tertiary/aromatic N) is 1. The normalized spacial score (nSPS) is 10.2. The lowest BCUT2D eigenvalue weighted by Crippen LogP contribution is -2.30. The highest BCUT2D eigenvalue weighted by molar-refractivity contribution is 6.07. The molecule has 0 bridgehead atoms. The molecular weight excluding hydrogens is 222 g/mol. The van der Waals surface area contributed by atoms with Crippen molar-refractivity contribution in [3.8, 4) is 0 Å². The van der Waals surface area contributed by atoms with Gasteiger partial charge in [0.1, 0.15) is 0 Å². The zero-order valence-corrected chi connectivity index (χ0v) is 8.71. The number of non-ortho nitro benzene ring substituents is 1. The Morgan fingerprint density at radius 3 is 2.65 bits per heavy atom. The second kappa shape index (κ2) is 4.18. The minimum absolute atomic E-state index is 0.137. The van der Waals surface area contributed by atoms with Crippen molar-refractivity contribution in [3.63, 3.8) is 0 Å². The molecule has 17 heavy (non-hydrogen) atoms. The van der Waals surface area contributed by atoms with Crippen LogP contribution in [0, 0.1) is 10.1 Å². The zero-order chi connectivity index (χ0) is 12.4. The molecule has 0 unspecified atom stereocenters. The molecule has 0 heterocycles. The largest absolute Gasteiger partial charge is 0.290 e. The van der Waals surface area contributed by atoms with Crippen LogP contribution in [0.1, 0.15) is 10.4 Å². The van der Waals surface area contributed by atoms with Gasteiger partial charge in [0.25, 0.3) is 11.6 Å². The van der Waals surface area contributed by atoms with Gasteiger partial charge in [-0.15, -0.1) is 0 Å². The van der Waals surface area contributed by atoms with Gasteiger partial charge in [0, 0.05) is 12.1 Å². The molecule has 86 valence electrons. The summed E-state index contributed by atoms with van der Waals surface area (Å²) in [7, 11) is 0. The second-order valence-corrected chi connectivity index (χ2v) is 3.45. The van der Waals surface area contributed by atoms with Gasteiger partial charge in [-0.2, -0.15) is 0 Å². The SMILES string of the molecule is NNC(=O)c1cc([N+](=O)[O-])cc2ccccc12. The van der Waals surface area contributed by atoms with Crippen LogP contribution in [0.3, 0.4) is 0 Å². The maximum atomic E-state index is 11.5. The van der Waals surface area contributed by atoms with E-state index in [-0.39, 0.29) is 11.3 Å². The molecular formula is C11H9N3O3. The van der Waals surface area contributed by atoms with Gasteiger partial charge in [-0.1, -0.05) is 24.3 Å². The number of rotatable bonds is 2. The molecule has 2 aromatic carbocycles. The number of nitrogens with two attached hydrogens (primary N) is 1. The molecule has 0 saturated carbocycles. The standard InChI is InChI=1S/C11H9N3O3/c12-13-11(15)10-6-8(14(16)17)5-7-3-1-2-4-9(7)10/h1-6H,12H2,(H,13,15). The lowest BCUT2D eigenvalue weighted by atomic mass is 10.0. The van der Waals surface area contributed by atoms with Crippen LogP contribution in [0.5, 0.6) is 0 Å². The number of hydrogen-bond donors (Lipinski definition) is 2. The van der Waals surface area contributed by atoms with Gasteiger partial charge in [0.15, 0.2) is 0 Å². The predicted molar refractivity (Wildman–Crippen MR) is 62.3 cm³/mol. The van der Waals surface area contributed by atoms with Gasteiger partial charge in [-0.05, 0) is 10.8 Å². The van der Waals surface area contributed by atoms with Crippen molar-refractivity contribution in [1.29, 1.82) is 0 Å². The summed E-state index contributed by atoms with van der Waals surface area (Å²) in [6.07, 6.45) is 0. The van der Waals surface area contributed by atoms with E-state index in [0.717, 1.165) is 0 Å². The highest BCUT2D eigenvalue weighted by Gasteiger charge is 2.15. The Hall–Kier alpha value is -2.47. The molecule has 0 atom stereocenters. The van der Waals surface area contributed by atoms with Gasteiger partial charge >= 0.3 is 0 Å². The number of hydrogen-bond acceptors (Lipinski definition) is 4. The summed E-state index contributed by atoms with van der Waals surface area (Å²) in [5.41, 5.74) is 2.03. The van der Waals surface area contributed by atoms with Crippen LogP contribution < -0.4 is 11.3 Å². The summed E-state index contributed by atoms with van der Waals surface area (Å²) in [4.78, 5) is 21.8. The quantitative estimate of drug-likeness (QED) is 0.352. The molecule has 0 radical (unpaired) electrons. The smallest absolute Gasteiger partial charge is 0.270 e. The third-order valence-corrected chi connectivity index (χ3v) is 2.43. The van der Waals surface area contributed by atoms with Crippen molar-refractivity contribution in [2.45, 2.75) is 0 Å². The Kier molecular flexibility index (Phi) is 2.71. The van der Waals surface area contributed by atoms with Crippen LogP contribution in [-0.4, -0.2) is 10.8 Å². The summed E-state index contributed by atoms with van der Waals surface area (Å²) in [6.45, 7) is 0. The summed E-state index contributed by atoms with van der Waals surface area (Å²) in [5.74, 6) is 4.50. The van der Waals surface area contributed by atoms with Crippen LogP contribution in [-0.2, 0) is 0 Å². The van der Waals surface area contributed by atoms with Gasteiger partial charge in [0.05, 0.1) is 10.5 Å². The lowest BCUT2D eigenvalue weighted by molar-refractivity contribution is -0.384. The van der Waals surface area contributed by atoms with E-state index in [4.69, 9.17) is 5.84 Å². The molecule has 3 N–H and O–H groups in total. The number of nitro groups is 1. The van der Waals surface area contributed by atoms with E-state index in [0.29, 0.717) is 10.8 Å². The van der Waals surface area contributed by atoms with Crippen molar-refractivity contribution < 1.29 is 9.72 Å². The molecule has 0 aliphatic heterocycles. The molecule has 0 spiro atoms. The lowest BCUT2D eigenvalue weighted by Gasteiger charge is -2.05. The minimum Gasteiger partial charge on any atom is -0.290 e. The molecule has 0 fully saturated rings. The van der Waals surface area contributed by atoms with Crippen molar-refractivity contribution in [1.82, 2.24) is 5.43 Å². The molecule has 0 saturated heterocycles. The molecule has 6 heteroatoms. The predicted octanol–water partition coefficient (Wildman–Crippen LogP) is 1.35. The fourth-order valence-corrected chi connectivity index (χ4v) is 1.67. The van der Waals surface area contributed by atoms with Crippen molar-refractivity contribution >= 4 is 22.4 Å². The van der Waals surface area contributed by atoms with Crippen LogP contribution in [0.2, 0.25) is 0 Å². The summed E-state index contributed by atoms with van der Waals surface area (Å²) in [6, 6.07) is 9.55. The summed E-state index contributed by atoms with van der Waals surface area (Å²) >= 11 is 0. The van der Waals surface area contributed by atoms with Gasteiger partial charge in [0.2, 0.25) is 0 Å². The molecule has 1 amide bonds. The minimum atomic E-state index is -0.551. The van der Waals surface area contributed by atoms with E-state index >= 15 is 0 Å². The van der Waals surface area contributed by atoms with E-state index in [1.807, 2.05) is 5.43 Å². The van der Waals surface area contributed by atoms with Gasteiger partial charge in [-0.3, -0.25) is 20.3 Å². The van der Waals surface area contributed by atoms with Crippen molar-refractivity contribution in [3.05, 3.63) is 52.1 Å². The number of carbonyl (C=O) groups is 1. The fraction of sp³-hybridized carbons (Fsp3) is 0. The van der Waals surface area contributed by atoms with Crippen molar-refractivity contribution in [2.24, 2.45) is 5.84 Å². The fourth-order valence-electron chi connectivity index (χ4n) is 1.67. The number of hydrazine groups is 1. The van der Waals surface area contributed by atoms with Gasteiger partial charge < -0.3 is 0 Å². The first kappa shape index (κ1) is 11.0. The monoisotopic (exact) mass is 231 g/mol. The highest BCUT2D eigenvalue weighted by atomic mass is 16.6. The van der Waals surface area contributed by atoms with E-state index in [9.17, 15) is 14.9 Å². The zero-order valence-electron chi connectivity index (χ0n) is 8.71. The number of amides is 1.